The van der Waals surface area contributed by atoms with Gasteiger partial charge in [-0.3, -0.25) is 14.9 Å². The van der Waals surface area contributed by atoms with Crippen LogP contribution in [0.1, 0.15) is 27.4 Å². The third kappa shape index (κ3) is 5.05. The molecule has 0 radical (unpaired) electrons. The number of fused-ring (bicyclic) bond motifs is 3. The highest BCUT2D eigenvalue weighted by Gasteiger charge is 2.29. The zero-order valence-corrected chi connectivity index (χ0v) is 18.8. The number of amides is 2. The number of hydrogen-bond donors (Lipinski definition) is 3. The average molecular weight is 511 g/mol. The molecule has 33 heavy (non-hydrogen) atoms. The topological polar surface area (TPSA) is 114 Å². The molecule has 0 spiro atoms. The lowest BCUT2D eigenvalue weighted by Crippen LogP contribution is -2.28. The van der Waals surface area contributed by atoms with E-state index < -0.39 is 24.6 Å². The number of aliphatic carboxylic acids is 1. The molecule has 0 fully saturated rings. The second-order valence-corrected chi connectivity index (χ2v) is 8.17. The number of ether oxygens (including phenoxy) is 1. The number of halogens is 1. The Balaban J connectivity index is 1.45. The number of hydroxylamine groups is 1. The van der Waals surface area contributed by atoms with Crippen LogP contribution in [-0.4, -0.2) is 36.3 Å². The number of rotatable bonds is 7. The minimum atomic E-state index is -1.23. The molecule has 0 saturated heterocycles. The fourth-order valence-corrected chi connectivity index (χ4v) is 4.14. The van der Waals surface area contributed by atoms with Crippen LogP contribution in [0.5, 0.6) is 0 Å². The van der Waals surface area contributed by atoms with E-state index in [-0.39, 0.29) is 23.8 Å². The van der Waals surface area contributed by atoms with E-state index in [4.69, 9.17) is 9.84 Å². The second-order valence-electron chi connectivity index (χ2n) is 7.25. The van der Waals surface area contributed by atoms with Crippen molar-refractivity contribution in [3.05, 3.63) is 87.9 Å². The van der Waals surface area contributed by atoms with Crippen molar-refractivity contribution < 1.29 is 29.1 Å². The van der Waals surface area contributed by atoms with Gasteiger partial charge in [-0.2, -0.15) is 0 Å². The molecule has 0 unspecified atom stereocenters. The predicted octanol–water partition coefficient (Wildman–Crippen LogP) is 4.56. The summed E-state index contributed by atoms with van der Waals surface area (Å²) in [5.74, 6) is -2.04. The van der Waals surface area contributed by atoms with Gasteiger partial charge in [0.2, 0.25) is 0 Å². The Morgan fingerprint density at radius 3 is 2.21 bits per heavy atom. The predicted molar refractivity (Wildman–Crippen MR) is 124 cm³/mol. The van der Waals surface area contributed by atoms with Crippen molar-refractivity contribution in [1.82, 2.24) is 5.48 Å². The standard InChI is InChI=1S/C24H19BrN2O6/c25-14-9-10-19(23(30)27-33-13-22(28)29)21(11-14)26-24(31)32-12-20-17-7-3-1-5-15(17)16-6-2-4-8-18(16)20/h1-11,20H,12-13H2,(H,26,31)(H,27,30)(H,28,29). The highest BCUT2D eigenvalue weighted by Crippen LogP contribution is 2.44. The number of carbonyl (C=O) groups is 3. The van der Waals surface area contributed by atoms with Gasteiger partial charge in [0, 0.05) is 10.4 Å². The molecule has 1 aliphatic rings. The summed E-state index contributed by atoms with van der Waals surface area (Å²) < 4.78 is 6.15. The molecule has 0 aliphatic heterocycles. The lowest BCUT2D eigenvalue weighted by Gasteiger charge is -2.16. The molecule has 1 aliphatic carbocycles. The maximum atomic E-state index is 12.6. The maximum Gasteiger partial charge on any atom is 0.411 e. The van der Waals surface area contributed by atoms with Crippen molar-refractivity contribution >= 4 is 39.6 Å². The van der Waals surface area contributed by atoms with E-state index in [1.165, 1.54) is 12.1 Å². The van der Waals surface area contributed by atoms with Crippen molar-refractivity contribution in [3.63, 3.8) is 0 Å². The van der Waals surface area contributed by atoms with Gasteiger partial charge in [0.1, 0.15) is 6.61 Å². The van der Waals surface area contributed by atoms with Gasteiger partial charge in [-0.25, -0.2) is 15.1 Å². The first-order chi connectivity index (χ1) is 15.9. The van der Waals surface area contributed by atoms with Gasteiger partial charge in [0.25, 0.3) is 5.91 Å². The second kappa shape index (κ2) is 9.85. The molecule has 3 N–H and O–H groups in total. The van der Waals surface area contributed by atoms with Crippen LogP contribution < -0.4 is 10.8 Å². The Morgan fingerprint density at radius 2 is 1.58 bits per heavy atom. The lowest BCUT2D eigenvalue weighted by molar-refractivity contribution is -0.144. The summed E-state index contributed by atoms with van der Waals surface area (Å²) in [5, 5.41) is 11.2. The molecule has 0 saturated carbocycles. The molecule has 0 bridgehead atoms. The molecule has 4 rings (SSSR count). The number of benzene rings is 3. The minimum absolute atomic E-state index is 0.0806. The van der Waals surface area contributed by atoms with E-state index in [0.717, 1.165) is 22.3 Å². The third-order valence-electron chi connectivity index (χ3n) is 5.17. The maximum absolute atomic E-state index is 12.6. The number of carbonyl (C=O) groups excluding carboxylic acids is 2. The molecular weight excluding hydrogens is 492 g/mol. The van der Waals surface area contributed by atoms with Crippen molar-refractivity contribution in [3.8, 4) is 11.1 Å². The smallest absolute Gasteiger partial charge is 0.411 e. The van der Waals surface area contributed by atoms with E-state index in [1.807, 2.05) is 54.0 Å². The summed E-state index contributed by atoms with van der Waals surface area (Å²) in [6.45, 7) is -0.575. The van der Waals surface area contributed by atoms with Crippen LogP contribution in [0, 0.1) is 0 Å². The van der Waals surface area contributed by atoms with E-state index in [0.29, 0.717) is 4.47 Å². The Labute approximate surface area is 197 Å². The Morgan fingerprint density at radius 1 is 0.939 bits per heavy atom. The molecule has 9 heteroatoms. The largest absolute Gasteiger partial charge is 0.479 e. The highest BCUT2D eigenvalue weighted by atomic mass is 79.9. The summed E-state index contributed by atoms with van der Waals surface area (Å²) in [7, 11) is 0. The summed E-state index contributed by atoms with van der Waals surface area (Å²) in [6.07, 6.45) is -0.726. The third-order valence-corrected chi connectivity index (χ3v) is 5.66. The molecular formula is C24H19BrN2O6. The van der Waals surface area contributed by atoms with Gasteiger partial charge in [0.05, 0.1) is 11.3 Å². The van der Waals surface area contributed by atoms with Crippen LogP contribution in [0.4, 0.5) is 10.5 Å². The van der Waals surface area contributed by atoms with E-state index >= 15 is 0 Å². The fraction of sp³-hybridized carbons (Fsp3) is 0.125. The van der Waals surface area contributed by atoms with E-state index in [2.05, 4.69) is 26.1 Å². The Hall–Kier alpha value is -3.69. The SMILES string of the molecule is O=C(O)CONC(=O)c1ccc(Br)cc1NC(=O)OCC1c2ccccc2-c2ccccc21. The Kier molecular flexibility index (Phi) is 6.71. The number of nitrogens with one attached hydrogen (secondary N) is 2. The minimum Gasteiger partial charge on any atom is -0.479 e. The van der Waals surface area contributed by atoms with Gasteiger partial charge < -0.3 is 9.84 Å². The van der Waals surface area contributed by atoms with Gasteiger partial charge in [-0.05, 0) is 40.5 Å². The van der Waals surface area contributed by atoms with Crippen LogP contribution in [0.3, 0.4) is 0 Å². The number of hydrogen-bond acceptors (Lipinski definition) is 5. The van der Waals surface area contributed by atoms with Crippen LogP contribution in [0.2, 0.25) is 0 Å². The number of anilines is 1. The Bertz CT molecular complexity index is 1180. The number of carboxylic acids is 1. The first-order valence-corrected chi connectivity index (χ1v) is 10.8. The van der Waals surface area contributed by atoms with Crippen molar-refractivity contribution in [2.45, 2.75) is 5.92 Å². The zero-order chi connectivity index (χ0) is 23.4. The average Bonchev–Trinajstić information content (AvgIpc) is 3.11. The summed E-state index contributed by atoms with van der Waals surface area (Å²) in [6, 6.07) is 20.6. The molecule has 3 aromatic rings. The first kappa shape index (κ1) is 22.5. The molecule has 0 atom stereocenters. The van der Waals surface area contributed by atoms with Gasteiger partial charge in [-0.15, -0.1) is 0 Å². The molecule has 2 amide bonds. The quantitative estimate of drug-likeness (QED) is 0.401. The summed E-state index contributed by atoms with van der Waals surface area (Å²) in [4.78, 5) is 40.1. The van der Waals surface area contributed by atoms with Gasteiger partial charge in [-0.1, -0.05) is 64.5 Å². The fourth-order valence-electron chi connectivity index (χ4n) is 3.78. The number of carboxylic acid groups (broad SMARTS) is 1. The molecule has 8 nitrogen and oxygen atoms in total. The van der Waals surface area contributed by atoms with Gasteiger partial charge >= 0.3 is 12.1 Å². The van der Waals surface area contributed by atoms with E-state index in [1.54, 1.807) is 6.07 Å². The normalized spacial score (nSPS) is 11.9. The molecule has 168 valence electrons. The molecule has 0 aromatic heterocycles. The van der Waals surface area contributed by atoms with Crippen molar-refractivity contribution in [2.75, 3.05) is 18.5 Å². The van der Waals surface area contributed by atoms with Crippen LogP contribution in [0.15, 0.2) is 71.2 Å². The van der Waals surface area contributed by atoms with Crippen molar-refractivity contribution in [1.29, 1.82) is 0 Å². The summed E-state index contributed by atoms with van der Waals surface area (Å²) >= 11 is 3.30. The van der Waals surface area contributed by atoms with Gasteiger partial charge in [0.15, 0.2) is 6.61 Å². The van der Waals surface area contributed by atoms with Crippen LogP contribution >= 0.6 is 15.9 Å². The summed E-state index contributed by atoms with van der Waals surface area (Å²) in [5.41, 5.74) is 6.71. The molecule has 3 aromatic carbocycles. The lowest BCUT2D eigenvalue weighted by atomic mass is 9.98. The van der Waals surface area contributed by atoms with Crippen LogP contribution in [0.25, 0.3) is 11.1 Å². The zero-order valence-electron chi connectivity index (χ0n) is 17.2. The molecule has 0 heterocycles. The van der Waals surface area contributed by atoms with Crippen LogP contribution in [-0.2, 0) is 14.4 Å². The first-order valence-electron chi connectivity index (χ1n) is 9.99. The van der Waals surface area contributed by atoms with Crippen molar-refractivity contribution in [2.24, 2.45) is 0 Å². The highest BCUT2D eigenvalue weighted by molar-refractivity contribution is 9.10. The van der Waals surface area contributed by atoms with E-state index in [9.17, 15) is 14.4 Å². The monoisotopic (exact) mass is 510 g/mol.